The maximum absolute atomic E-state index is 12.8. The summed E-state index contributed by atoms with van der Waals surface area (Å²) in [5, 5.41) is 7.03. The van der Waals surface area contributed by atoms with Crippen LogP contribution in [0.15, 0.2) is 48.5 Å². The molecule has 4 nitrogen and oxygen atoms in total. The first kappa shape index (κ1) is 19.7. The third-order valence-electron chi connectivity index (χ3n) is 4.62. The van der Waals surface area contributed by atoms with E-state index in [-0.39, 0.29) is 6.54 Å². The van der Waals surface area contributed by atoms with Gasteiger partial charge in [0.25, 0.3) is 5.91 Å². The molecule has 146 valence electrons. The molecule has 3 rings (SSSR count). The number of benzene rings is 2. The number of hydrogen-bond donors (Lipinski definition) is 1. The van der Waals surface area contributed by atoms with Crippen LogP contribution in [0.4, 0.5) is 13.2 Å². The van der Waals surface area contributed by atoms with Crippen LogP contribution in [0.2, 0.25) is 0 Å². The van der Waals surface area contributed by atoms with E-state index in [1.54, 1.807) is 19.2 Å². The van der Waals surface area contributed by atoms with E-state index in [4.69, 9.17) is 0 Å². The molecule has 0 unspecified atom stereocenters. The molecule has 0 bridgehead atoms. The van der Waals surface area contributed by atoms with Crippen LogP contribution in [0.3, 0.4) is 0 Å². The Hall–Kier alpha value is -3.09. The van der Waals surface area contributed by atoms with Gasteiger partial charge in [-0.1, -0.05) is 24.3 Å². The molecule has 1 aromatic heterocycles. The SMILES string of the molecule is Cc1ccc(-c2cc(C(=O)NCc3cccc(C(F)(F)F)c3)n(C)n2)cc1C. The summed E-state index contributed by atoms with van der Waals surface area (Å²) in [5.41, 5.74) is 3.82. The molecule has 7 heteroatoms. The van der Waals surface area contributed by atoms with Crippen molar-refractivity contribution in [1.82, 2.24) is 15.1 Å². The van der Waals surface area contributed by atoms with E-state index in [2.05, 4.69) is 10.4 Å². The molecule has 0 aliphatic rings. The Morgan fingerprint density at radius 3 is 2.50 bits per heavy atom. The van der Waals surface area contributed by atoms with Crippen LogP contribution in [0.1, 0.15) is 32.7 Å². The largest absolute Gasteiger partial charge is 0.416 e. The minimum Gasteiger partial charge on any atom is -0.347 e. The lowest BCUT2D eigenvalue weighted by atomic mass is 10.0. The summed E-state index contributed by atoms with van der Waals surface area (Å²) in [4.78, 5) is 12.5. The van der Waals surface area contributed by atoms with Crippen molar-refractivity contribution in [3.63, 3.8) is 0 Å². The fraction of sp³-hybridized carbons (Fsp3) is 0.238. The molecule has 0 fully saturated rings. The number of carbonyl (C=O) groups is 1. The van der Waals surface area contributed by atoms with Crippen LogP contribution >= 0.6 is 0 Å². The lowest BCUT2D eigenvalue weighted by molar-refractivity contribution is -0.137. The number of alkyl halides is 3. The smallest absolute Gasteiger partial charge is 0.347 e. The summed E-state index contributed by atoms with van der Waals surface area (Å²) < 4.78 is 39.9. The second-order valence-corrected chi connectivity index (χ2v) is 6.72. The van der Waals surface area contributed by atoms with Gasteiger partial charge in [0.1, 0.15) is 5.69 Å². The Bertz CT molecular complexity index is 1020. The van der Waals surface area contributed by atoms with Gasteiger partial charge in [-0.3, -0.25) is 9.48 Å². The molecule has 1 N–H and O–H groups in total. The maximum atomic E-state index is 12.8. The Kier molecular flexibility index (Phi) is 5.27. The van der Waals surface area contributed by atoms with Gasteiger partial charge in [-0.05, 0) is 54.8 Å². The third-order valence-corrected chi connectivity index (χ3v) is 4.62. The molecule has 0 atom stereocenters. The molecule has 28 heavy (non-hydrogen) atoms. The van der Waals surface area contributed by atoms with E-state index in [9.17, 15) is 18.0 Å². The average Bonchev–Trinajstić information content (AvgIpc) is 3.03. The molecule has 0 saturated heterocycles. The zero-order valence-electron chi connectivity index (χ0n) is 15.8. The lowest BCUT2D eigenvalue weighted by Crippen LogP contribution is -2.25. The van der Waals surface area contributed by atoms with Gasteiger partial charge < -0.3 is 5.32 Å². The summed E-state index contributed by atoms with van der Waals surface area (Å²) >= 11 is 0. The molecule has 0 radical (unpaired) electrons. The summed E-state index contributed by atoms with van der Waals surface area (Å²) in [6, 6.07) is 12.5. The highest BCUT2D eigenvalue weighted by molar-refractivity contribution is 5.93. The number of carbonyl (C=O) groups excluding carboxylic acids is 1. The second kappa shape index (κ2) is 7.50. The second-order valence-electron chi connectivity index (χ2n) is 6.72. The number of amides is 1. The highest BCUT2D eigenvalue weighted by Crippen LogP contribution is 2.29. The van der Waals surface area contributed by atoms with Crippen LogP contribution in [0.5, 0.6) is 0 Å². The van der Waals surface area contributed by atoms with E-state index in [1.165, 1.54) is 16.3 Å². The normalized spacial score (nSPS) is 11.5. The molecule has 0 aliphatic heterocycles. The summed E-state index contributed by atoms with van der Waals surface area (Å²) in [5.74, 6) is -0.400. The van der Waals surface area contributed by atoms with E-state index < -0.39 is 17.6 Å². The number of nitrogens with zero attached hydrogens (tertiary/aromatic N) is 2. The van der Waals surface area contributed by atoms with Crippen molar-refractivity contribution in [3.8, 4) is 11.3 Å². The monoisotopic (exact) mass is 387 g/mol. The number of aromatic nitrogens is 2. The Morgan fingerprint density at radius 2 is 1.82 bits per heavy atom. The Balaban J connectivity index is 1.75. The average molecular weight is 387 g/mol. The van der Waals surface area contributed by atoms with Crippen molar-refractivity contribution in [2.45, 2.75) is 26.6 Å². The maximum Gasteiger partial charge on any atom is 0.416 e. The molecule has 0 aliphatic carbocycles. The van der Waals surface area contributed by atoms with Gasteiger partial charge in [0.15, 0.2) is 0 Å². The van der Waals surface area contributed by atoms with Crippen molar-refractivity contribution in [3.05, 3.63) is 76.5 Å². The van der Waals surface area contributed by atoms with E-state index in [0.717, 1.165) is 23.3 Å². The van der Waals surface area contributed by atoms with E-state index in [1.807, 2.05) is 32.0 Å². The first-order valence-corrected chi connectivity index (χ1v) is 8.71. The highest BCUT2D eigenvalue weighted by Gasteiger charge is 2.30. The van der Waals surface area contributed by atoms with Gasteiger partial charge in [0.2, 0.25) is 0 Å². The number of aryl methyl sites for hydroxylation is 3. The predicted octanol–water partition coefficient (Wildman–Crippen LogP) is 4.65. The highest BCUT2D eigenvalue weighted by atomic mass is 19.4. The third kappa shape index (κ3) is 4.24. The molecule has 3 aromatic rings. The van der Waals surface area contributed by atoms with Gasteiger partial charge in [-0.2, -0.15) is 18.3 Å². The molecule has 0 saturated carbocycles. The summed E-state index contributed by atoms with van der Waals surface area (Å²) in [6.07, 6.45) is -4.41. The van der Waals surface area contributed by atoms with E-state index >= 15 is 0 Å². The predicted molar refractivity (Wildman–Crippen MR) is 101 cm³/mol. The van der Waals surface area contributed by atoms with Crippen molar-refractivity contribution >= 4 is 5.91 Å². The summed E-state index contributed by atoms with van der Waals surface area (Å²) in [6.45, 7) is 4.02. The van der Waals surface area contributed by atoms with E-state index in [0.29, 0.717) is 17.0 Å². The van der Waals surface area contributed by atoms with Gasteiger partial charge >= 0.3 is 6.18 Å². The standard InChI is InChI=1S/C21H20F3N3O/c1-13-7-8-16(9-14(13)2)18-11-19(27(3)26-18)20(28)25-12-15-5-4-6-17(10-15)21(22,23)24/h4-11H,12H2,1-3H3,(H,25,28). The molecule has 1 heterocycles. The number of hydrogen-bond acceptors (Lipinski definition) is 2. The minimum atomic E-state index is -4.41. The fourth-order valence-electron chi connectivity index (χ4n) is 2.85. The first-order valence-electron chi connectivity index (χ1n) is 8.71. The lowest BCUT2D eigenvalue weighted by Gasteiger charge is -2.09. The number of halogens is 3. The van der Waals surface area contributed by atoms with Gasteiger partial charge in [0.05, 0.1) is 11.3 Å². The van der Waals surface area contributed by atoms with Crippen LogP contribution in [0, 0.1) is 13.8 Å². The fourth-order valence-corrected chi connectivity index (χ4v) is 2.85. The molecule has 0 spiro atoms. The van der Waals surface area contributed by atoms with Crippen LogP contribution in [-0.4, -0.2) is 15.7 Å². The number of rotatable bonds is 4. The van der Waals surface area contributed by atoms with Crippen LogP contribution in [-0.2, 0) is 19.8 Å². The minimum absolute atomic E-state index is 0.00704. The van der Waals surface area contributed by atoms with Gasteiger partial charge in [-0.15, -0.1) is 0 Å². The first-order chi connectivity index (χ1) is 13.1. The van der Waals surface area contributed by atoms with Gasteiger partial charge in [0, 0.05) is 19.2 Å². The van der Waals surface area contributed by atoms with Gasteiger partial charge in [-0.25, -0.2) is 0 Å². The number of nitrogens with one attached hydrogen (secondary N) is 1. The molecule has 2 aromatic carbocycles. The quantitative estimate of drug-likeness (QED) is 0.708. The Labute approximate surface area is 161 Å². The van der Waals surface area contributed by atoms with Crippen molar-refractivity contribution < 1.29 is 18.0 Å². The zero-order chi connectivity index (χ0) is 20.5. The molecular formula is C21H20F3N3O. The zero-order valence-corrected chi connectivity index (χ0v) is 15.8. The van der Waals surface area contributed by atoms with Crippen molar-refractivity contribution in [2.24, 2.45) is 7.05 Å². The van der Waals surface area contributed by atoms with Crippen LogP contribution in [0.25, 0.3) is 11.3 Å². The van der Waals surface area contributed by atoms with Crippen molar-refractivity contribution in [2.75, 3.05) is 0 Å². The Morgan fingerprint density at radius 1 is 1.07 bits per heavy atom. The van der Waals surface area contributed by atoms with Crippen LogP contribution < -0.4 is 5.32 Å². The topological polar surface area (TPSA) is 46.9 Å². The van der Waals surface area contributed by atoms with Crippen molar-refractivity contribution in [1.29, 1.82) is 0 Å². The summed E-state index contributed by atoms with van der Waals surface area (Å²) in [7, 11) is 1.66. The molecule has 1 amide bonds. The molecular weight excluding hydrogens is 367 g/mol.